The standard InChI is InChI=1S/C11H17N3OS.ClH/c1-8-11(12)9(4-6-14(8)7-15)10-3-2-5-13-16-10;/h2-3,5,7-9,11,13H,4,6,12H2,1H3;1H/t8-,9?,11-;/m0./s1. The molecule has 4 nitrogen and oxygen atoms in total. The summed E-state index contributed by atoms with van der Waals surface area (Å²) in [5.74, 6) is 0.355. The van der Waals surface area contributed by atoms with Crippen molar-refractivity contribution in [3.8, 4) is 0 Å². The molecule has 0 bridgehead atoms. The van der Waals surface area contributed by atoms with Crippen molar-refractivity contribution in [1.82, 2.24) is 9.62 Å². The smallest absolute Gasteiger partial charge is 0.209 e. The second kappa shape index (κ2) is 6.33. The second-order valence-electron chi connectivity index (χ2n) is 4.20. The summed E-state index contributed by atoms with van der Waals surface area (Å²) in [4.78, 5) is 13.9. The highest BCUT2D eigenvalue weighted by Gasteiger charge is 2.34. The summed E-state index contributed by atoms with van der Waals surface area (Å²) < 4.78 is 3.12. The number of nitrogens with zero attached hydrogens (tertiary/aromatic N) is 1. The Morgan fingerprint density at radius 1 is 1.65 bits per heavy atom. The molecule has 2 aliphatic heterocycles. The molecule has 0 aliphatic carbocycles. The number of nitrogens with one attached hydrogen (secondary N) is 1. The van der Waals surface area contributed by atoms with Crippen LogP contribution in [0.5, 0.6) is 0 Å². The van der Waals surface area contributed by atoms with Crippen LogP contribution in [0.15, 0.2) is 23.3 Å². The first-order valence-corrected chi connectivity index (χ1v) is 6.31. The Morgan fingerprint density at radius 2 is 2.41 bits per heavy atom. The van der Waals surface area contributed by atoms with Crippen LogP contribution in [0.4, 0.5) is 0 Å². The zero-order chi connectivity index (χ0) is 11.5. The van der Waals surface area contributed by atoms with Gasteiger partial charge in [0.25, 0.3) is 0 Å². The number of piperidine rings is 1. The Morgan fingerprint density at radius 3 is 3.00 bits per heavy atom. The van der Waals surface area contributed by atoms with Crippen LogP contribution >= 0.6 is 24.4 Å². The van der Waals surface area contributed by atoms with E-state index in [-0.39, 0.29) is 24.5 Å². The molecule has 17 heavy (non-hydrogen) atoms. The fraction of sp³-hybridized carbons (Fsp3) is 0.545. The minimum atomic E-state index is 0. The van der Waals surface area contributed by atoms with Gasteiger partial charge in [-0.2, -0.15) is 0 Å². The van der Waals surface area contributed by atoms with E-state index in [4.69, 9.17) is 5.73 Å². The Hall–Kier alpha value is -0.650. The average Bonchev–Trinajstić information content (AvgIpc) is 2.34. The number of amides is 1. The molecule has 1 fully saturated rings. The van der Waals surface area contributed by atoms with Crippen LogP contribution in [-0.2, 0) is 4.79 Å². The number of halogens is 1. The van der Waals surface area contributed by atoms with Crippen LogP contribution < -0.4 is 10.5 Å². The first kappa shape index (κ1) is 14.4. The summed E-state index contributed by atoms with van der Waals surface area (Å²) in [5.41, 5.74) is 6.21. The molecule has 2 heterocycles. The van der Waals surface area contributed by atoms with E-state index in [1.54, 1.807) is 16.8 Å². The van der Waals surface area contributed by atoms with Crippen LogP contribution in [-0.4, -0.2) is 29.9 Å². The number of nitrogens with two attached hydrogens (primary N) is 1. The lowest BCUT2D eigenvalue weighted by atomic mass is 9.86. The fourth-order valence-corrected chi connectivity index (χ4v) is 3.10. The molecular weight excluding hydrogens is 258 g/mol. The number of allylic oxidation sites excluding steroid dienone is 2. The normalized spacial score (nSPS) is 32.2. The van der Waals surface area contributed by atoms with Crippen molar-refractivity contribution in [3.63, 3.8) is 0 Å². The predicted octanol–water partition coefficient (Wildman–Crippen LogP) is 1.25. The highest BCUT2D eigenvalue weighted by molar-refractivity contribution is 8.01. The average molecular weight is 276 g/mol. The highest BCUT2D eigenvalue weighted by Crippen LogP contribution is 2.33. The predicted molar refractivity (Wildman–Crippen MR) is 73.5 cm³/mol. The third kappa shape index (κ3) is 2.97. The van der Waals surface area contributed by atoms with Crippen LogP contribution in [0.25, 0.3) is 0 Å². The zero-order valence-corrected chi connectivity index (χ0v) is 11.3. The van der Waals surface area contributed by atoms with Crippen LogP contribution in [0, 0.1) is 5.92 Å². The van der Waals surface area contributed by atoms with Gasteiger partial charge in [0.05, 0.1) is 0 Å². The van der Waals surface area contributed by atoms with Gasteiger partial charge in [-0.15, -0.1) is 12.4 Å². The molecule has 3 N–H and O–H groups in total. The lowest BCUT2D eigenvalue weighted by Gasteiger charge is -2.41. The Kier molecular flexibility index (Phi) is 5.36. The minimum absolute atomic E-state index is 0. The molecule has 3 atom stereocenters. The monoisotopic (exact) mass is 275 g/mol. The molecule has 0 radical (unpaired) electrons. The Labute approximate surface area is 112 Å². The van der Waals surface area contributed by atoms with Gasteiger partial charge >= 0.3 is 0 Å². The van der Waals surface area contributed by atoms with Crippen LogP contribution in [0.2, 0.25) is 0 Å². The van der Waals surface area contributed by atoms with Gasteiger partial charge in [-0.3, -0.25) is 4.79 Å². The van der Waals surface area contributed by atoms with E-state index in [0.717, 1.165) is 19.4 Å². The lowest BCUT2D eigenvalue weighted by molar-refractivity contribution is -0.121. The first-order chi connectivity index (χ1) is 7.74. The molecule has 0 aromatic rings. The fourth-order valence-electron chi connectivity index (χ4n) is 2.24. The maximum atomic E-state index is 10.8. The van der Waals surface area contributed by atoms with Crippen molar-refractivity contribution >= 4 is 30.8 Å². The molecule has 2 aliphatic rings. The van der Waals surface area contributed by atoms with Crippen molar-refractivity contribution in [2.24, 2.45) is 11.7 Å². The minimum Gasteiger partial charge on any atom is -0.341 e. The van der Waals surface area contributed by atoms with E-state index < -0.39 is 0 Å². The maximum absolute atomic E-state index is 10.8. The van der Waals surface area contributed by atoms with Gasteiger partial charge in [-0.25, -0.2) is 0 Å². The van der Waals surface area contributed by atoms with Crippen molar-refractivity contribution in [1.29, 1.82) is 0 Å². The highest BCUT2D eigenvalue weighted by atomic mass is 35.5. The Balaban J connectivity index is 0.00000144. The number of carbonyl (C=O) groups is 1. The van der Waals surface area contributed by atoms with Gasteiger partial charge in [-0.05, 0) is 37.4 Å². The molecule has 2 rings (SSSR count). The van der Waals surface area contributed by atoms with E-state index in [2.05, 4.69) is 10.8 Å². The molecule has 0 spiro atoms. The number of likely N-dealkylation sites (tertiary alicyclic amines) is 1. The van der Waals surface area contributed by atoms with Crippen LogP contribution in [0.3, 0.4) is 0 Å². The third-order valence-corrected chi connectivity index (χ3v) is 4.27. The zero-order valence-electron chi connectivity index (χ0n) is 9.70. The van der Waals surface area contributed by atoms with E-state index in [1.807, 2.05) is 19.2 Å². The van der Waals surface area contributed by atoms with Crippen molar-refractivity contribution in [3.05, 3.63) is 23.3 Å². The van der Waals surface area contributed by atoms with Gasteiger partial charge in [0.1, 0.15) is 0 Å². The summed E-state index contributed by atoms with van der Waals surface area (Å²) in [7, 11) is 0. The van der Waals surface area contributed by atoms with Gasteiger partial charge in [0, 0.05) is 35.7 Å². The molecule has 1 unspecified atom stereocenters. The molecule has 1 amide bonds. The summed E-state index contributed by atoms with van der Waals surface area (Å²) in [5, 5.41) is 0. The van der Waals surface area contributed by atoms with Crippen molar-refractivity contribution in [2.45, 2.75) is 25.4 Å². The number of hydrogen-bond acceptors (Lipinski definition) is 4. The molecule has 0 aromatic heterocycles. The SMILES string of the molecule is C[C@H]1[C@H](N)C(C2=CC=CNS2)CCN1C=O.Cl. The van der Waals surface area contributed by atoms with Gasteiger partial charge in [-0.1, -0.05) is 0 Å². The summed E-state index contributed by atoms with van der Waals surface area (Å²) in [6, 6.07) is 0.134. The number of carbonyl (C=O) groups excluding carboxylic acids is 1. The lowest BCUT2D eigenvalue weighted by Crippen LogP contribution is -2.54. The van der Waals surface area contributed by atoms with E-state index >= 15 is 0 Å². The van der Waals surface area contributed by atoms with Gasteiger partial charge in [0.15, 0.2) is 0 Å². The molecule has 6 heteroatoms. The number of hydrogen-bond donors (Lipinski definition) is 2. The maximum Gasteiger partial charge on any atom is 0.209 e. The summed E-state index contributed by atoms with van der Waals surface area (Å²) >= 11 is 1.62. The van der Waals surface area contributed by atoms with Gasteiger partial charge in [0.2, 0.25) is 6.41 Å². The van der Waals surface area contributed by atoms with Crippen molar-refractivity contribution in [2.75, 3.05) is 6.54 Å². The second-order valence-corrected chi connectivity index (χ2v) is 5.12. The van der Waals surface area contributed by atoms with Crippen molar-refractivity contribution < 1.29 is 4.79 Å². The molecule has 96 valence electrons. The topological polar surface area (TPSA) is 58.4 Å². The first-order valence-electron chi connectivity index (χ1n) is 5.49. The number of rotatable bonds is 2. The molecule has 0 aromatic carbocycles. The van der Waals surface area contributed by atoms with E-state index in [9.17, 15) is 4.79 Å². The van der Waals surface area contributed by atoms with E-state index in [1.165, 1.54) is 4.91 Å². The summed E-state index contributed by atoms with van der Waals surface area (Å²) in [6.07, 6.45) is 7.86. The van der Waals surface area contributed by atoms with Crippen LogP contribution in [0.1, 0.15) is 13.3 Å². The molecule has 1 saturated heterocycles. The van der Waals surface area contributed by atoms with E-state index in [0.29, 0.717) is 5.92 Å². The Bertz CT molecular complexity index is 335. The summed E-state index contributed by atoms with van der Waals surface area (Å²) in [6.45, 7) is 2.81. The molecular formula is C11H18ClN3OS. The van der Waals surface area contributed by atoms with Gasteiger partial charge < -0.3 is 15.4 Å². The largest absolute Gasteiger partial charge is 0.341 e. The quantitative estimate of drug-likeness (QED) is 0.588. The molecule has 0 saturated carbocycles. The third-order valence-electron chi connectivity index (χ3n) is 3.35.